The number of esters is 2. The Balaban J connectivity index is 1.98. The van der Waals surface area contributed by atoms with E-state index in [1.54, 1.807) is 12.1 Å². The highest BCUT2D eigenvalue weighted by Crippen LogP contribution is 2.25. The maximum Gasteiger partial charge on any atom is 0.335 e. The molecule has 0 amide bonds. The zero-order valence-corrected chi connectivity index (χ0v) is 13.8. The Labute approximate surface area is 150 Å². The molecule has 0 aliphatic rings. The third kappa shape index (κ3) is 5.68. The molecule has 2 aromatic rings. The highest BCUT2D eigenvalue weighted by molar-refractivity contribution is 5.85. The van der Waals surface area contributed by atoms with E-state index in [0.717, 1.165) is 35.4 Å². The average molecular weight is 352 g/mol. The smallest absolute Gasteiger partial charge is 0.335 e. The Bertz CT molecular complexity index is 806. The highest BCUT2D eigenvalue weighted by atomic mass is 16.5. The lowest BCUT2D eigenvalue weighted by atomic mass is 10.1. The van der Waals surface area contributed by atoms with Crippen LogP contribution < -0.4 is 9.47 Å². The molecule has 132 valence electrons. The molecule has 0 bridgehead atoms. The van der Waals surface area contributed by atoms with E-state index in [4.69, 9.17) is 9.47 Å². The van der Waals surface area contributed by atoms with E-state index in [1.165, 1.54) is 12.5 Å². The van der Waals surface area contributed by atoms with Crippen LogP contribution in [0, 0.1) is 0 Å². The highest BCUT2D eigenvalue weighted by Gasteiger charge is 2.00. The second kappa shape index (κ2) is 9.48. The molecule has 0 aliphatic heterocycles. The van der Waals surface area contributed by atoms with Gasteiger partial charge in [0.15, 0.2) is 0 Å². The molecule has 0 fully saturated rings. The normalized spacial score (nSPS) is 10.6. The minimum Gasteiger partial charge on any atom is -0.462 e. The Kier molecular flexibility index (Phi) is 6.76. The molecule has 2 rings (SSSR count). The topological polar surface area (TPSA) is 71.1 Å². The van der Waals surface area contributed by atoms with Gasteiger partial charge < -0.3 is 18.9 Å². The Morgan fingerprint density at radius 3 is 1.50 bits per heavy atom. The number of hydrogen-bond donors (Lipinski definition) is 0. The summed E-state index contributed by atoms with van der Waals surface area (Å²) in [7, 11) is 0. The van der Waals surface area contributed by atoms with Crippen LogP contribution in [-0.2, 0) is 19.1 Å². The number of carbonyl (C=O) groups excluding carboxylic acids is 2. The predicted octanol–water partition coefficient (Wildman–Crippen LogP) is 4.00. The number of hydrogen-bond acceptors (Lipinski definition) is 6. The van der Waals surface area contributed by atoms with Crippen LogP contribution in [0.2, 0.25) is 0 Å². The van der Waals surface area contributed by atoms with E-state index in [2.05, 4.69) is 22.6 Å². The van der Waals surface area contributed by atoms with Gasteiger partial charge in [-0.05, 0) is 35.0 Å². The molecule has 0 aliphatic carbocycles. The molecule has 0 N–H and O–H groups in total. The summed E-state index contributed by atoms with van der Waals surface area (Å²) in [5.74, 6) is 0.0232. The van der Waals surface area contributed by atoms with Crippen LogP contribution in [0.15, 0.2) is 86.8 Å². The number of carbonyl (C=O) groups is 2. The van der Waals surface area contributed by atoms with Gasteiger partial charge in [-0.3, -0.25) is 0 Å². The van der Waals surface area contributed by atoms with Gasteiger partial charge in [-0.25, -0.2) is 9.59 Å². The van der Waals surface area contributed by atoms with Crippen molar-refractivity contribution < 1.29 is 28.5 Å². The Morgan fingerprint density at radius 2 is 1.12 bits per heavy atom. The van der Waals surface area contributed by atoms with E-state index >= 15 is 0 Å². The second-order valence-corrected chi connectivity index (χ2v) is 4.73. The first-order chi connectivity index (χ1) is 12.6. The van der Waals surface area contributed by atoms with E-state index < -0.39 is 11.9 Å². The molecule has 0 saturated heterocycles. The van der Waals surface area contributed by atoms with Crippen LogP contribution in [0.25, 0.3) is 10.8 Å². The van der Waals surface area contributed by atoms with Gasteiger partial charge >= 0.3 is 11.9 Å². The third-order valence-corrected chi connectivity index (χ3v) is 3.00. The summed E-state index contributed by atoms with van der Waals surface area (Å²) >= 11 is 0. The quantitative estimate of drug-likeness (QED) is 0.406. The minimum absolute atomic E-state index is 0.566. The van der Waals surface area contributed by atoms with Gasteiger partial charge in [0, 0.05) is 12.2 Å². The minimum atomic E-state index is -0.566. The van der Waals surface area contributed by atoms with Crippen molar-refractivity contribution in [2.45, 2.75) is 0 Å². The van der Waals surface area contributed by atoms with Gasteiger partial charge in [0.05, 0.1) is 0 Å². The van der Waals surface area contributed by atoms with Crippen molar-refractivity contribution in [1.82, 2.24) is 0 Å². The van der Waals surface area contributed by atoms with E-state index in [9.17, 15) is 9.59 Å². The third-order valence-electron chi connectivity index (χ3n) is 3.00. The molecule has 0 aromatic heterocycles. The van der Waals surface area contributed by atoms with E-state index in [0.29, 0.717) is 11.5 Å². The van der Waals surface area contributed by atoms with Crippen LogP contribution >= 0.6 is 0 Å². The van der Waals surface area contributed by atoms with Gasteiger partial charge in [-0.15, -0.1) is 0 Å². The molecule has 2 aromatic carbocycles. The summed E-state index contributed by atoms with van der Waals surface area (Å²) in [6.45, 7) is 6.57. The largest absolute Gasteiger partial charge is 0.462 e. The first-order valence-electron chi connectivity index (χ1n) is 7.45. The predicted molar refractivity (Wildman–Crippen MR) is 96.1 cm³/mol. The lowest BCUT2D eigenvalue weighted by Crippen LogP contribution is -1.93. The van der Waals surface area contributed by atoms with E-state index in [-0.39, 0.29) is 0 Å². The van der Waals surface area contributed by atoms with Crippen LogP contribution in [0.3, 0.4) is 0 Å². The monoisotopic (exact) mass is 352 g/mol. The molecule has 0 spiro atoms. The summed E-state index contributed by atoms with van der Waals surface area (Å²) in [5.41, 5.74) is 0. The number of fused-ring (bicyclic) bond motifs is 1. The first kappa shape index (κ1) is 18.5. The fraction of sp³-hybridized carbons (Fsp3) is 0. The van der Waals surface area contributed by atoms with Gasteiger partial charge in [0.25, 0.3) is 0 Å². The molecular weight excluding hydrogens is 336 g/mol. The van der Waals surface area contributed by atoms with Crippen LogP contribution in [0.4, 0.5) is 0 Å². The second-order valence-electron chi connectivity index (χ2n) is 4.73. The van der Waals surface area contributed by atoms with Gasteiger partial charge in [0.1, 0.15) is 36.5 Å². The Morgan fingerprint density at radius 1 is 0.692 bits per heavy atom. The van der Waals surface area contributed by atoms with Crippen LogP contribution in [-0.4, -0.2) is 11.9 Å². The van der Waals surface area contributed by atoms with E-state index in [1.807, 2.05) is 24.3 Å². The molecule has 6 nitrogen and oxygen atoms in total. The van der Waals surface area contributed by atoms with Crippen molar-refractivity contribution >= 4 is 22.7 Å². The first-order valence-corrected chi connectivity index (χ1v) is 7.45. The summed E-state index contributed by atoms with van der Waals surface area (Å²) in [6, 6.07) is 10.9. The fourth-order valence-corrected chi connectivity index (χ4v) is 1.85. The fourth-order valence-electron chi connectivity index (χ4n) is 1.85. The van der Waals surface area contributed by atoms with Crippen molar-refractivity contribution in [3.05, 3.63) is 86.8 Å². The van der Waals surface area contributed by atoms with Crippen molar-refractivity contribution in [3.8, 4) is 11.5 Å². The summed E-state index contributed by atoms with van der Waals surface area (Å²) in [5, 5.41) is 1.85. The number of rotatable bonds is 8. The average Bonchev–Trinajstić information content (AvgIpc) is 2.67. The SMILES string of the molecule is C=CC(=O)OC=COc1ccc2cc(OC=COC(=O)C=C)ccc2c1. The molecule has 0 atom stereocenters. The van der Waals surface area contributed by atoms with Gasteiger partial charge in [-0.1, -0.05) is 25.3 Å². The molecule has 0 heterocycles. The zero-order chi connectivity index (χ0) is 18.8. The standard InChI is InChI=1S/C20H16O6/c1-3-19(21)25-11-9-23-17-7-5-16-14-18(8-6-15(16)13-17)24-10-12-26-20(22)4-2/h3-14H,1-2H2. The molecule has 26 heavy (non-hydrogen) atoms. The maximum absolute atomic E-state index is 10.9. The lowest BCUT2D eigenvalue weighted by Gasteiger charge is -2.05. The molecular formula is C20H16O6. The van der Waals surface area contributed by atoms with Crippen LogP contribution in [0.5, 0.6) is 11.5 Å². The maximum atomic E-state index is 10.9. The van der Waals surface area contributed by atoms with Crippen molar-refractivity contribution in [3.63, 3.8) is 0 Å². The number of ether oxygens (including phenoxy) is 4. The molecule has 6 heteroatoms. The summed E-state index contributed by atoms with van der Waals surface area (Å²) in [4.78, 5) is 21.8. The summed E-state index contributed by atoms with van der Waals surface area (Å²) < 4.78 is 20.0. The number of benzene rings is 2. The Hall–Kier alpha value is -3.80. The zero-order valence-electron chi connectivity index (χ0n) is 13.8. The van der Waals surface area contributed by atoms with Gasteiger partial charge in [0.2, 0.25) is 0 Å². The van der Waals surface area contributed by atoms with Crippen molar-refractivity contribution in [2.24, 2.45) is 0 Å². The molecule has 0 saturated carbocycles. The molecule has 0 radical (unpaired) electrons. The van der Waals surface area contributed by atoms with Crippen molar-refractivity contribution in [1.29, 1.82) is 0 Å². The molecule has 0 unspecified atom stereocenters. The lowest BCUT2D eigenvalue weighted by molar-refractivity contribution is -0.133. The van der Waals surface area contributed by atoms with Crippen LogP contribution in [0.1, 0.15) is 0 Å². The van der Waals surface area contributed by atoms with Gasteiger partial charge in [-0.2, -0.15) is 0 Å². The van der Waals surface area contributed by atoms with Crippen molar-refractivity contribution in [2.75, 3.05) is 0 Å². The summed E-state index contributed by atoms with van der Waals surface area (Å²) in [6.07, 6.45) is 6.90.